The van der Waals surface area contributed by atoms with Gasteiger partial charge in [-0.15, -0.1) is 0 Å². The zero-order valence-electron chi connectivity index (χ0n) is 10.1. The summed E-state index contributed by atoms with van der Waals surface area (Å²) < 4.78 is 0. The number of nitrogen functional groups attached to an aromatic ring is 1. The number of primary amides is 1. The molecule has 0 fully saturated rings. The van der Waals surface area contributed by atoms with Crippen LogP contribution >= 0.6 is 23.2 Å². The number of hydrogen-bond donors (Lipinski definition) is 4. The highest BCUT2D eigenvalue weighted by molar-refractivity contribution is 6.37. The molecule has 0 aliphatic rings. The van der Waals surface area contributed by atoms with E-state index in [0.717, 1.165) is 0 Å². The average molecular weight is 292 g/mol. The van der Waals surface area contributed by atoms with Gasteiger partial charge in [-0.05, 0) is 19.9 Å². The zero-order chi connectivity index (χ0) is 13.9. The molecule has 1 amide bonds. The summed E-state index contributed by atoms with van der Waals surface area (Å²) in [5.41, 5.74) is 6.90. The Kier molecular flexibility index (Phi) is 4.61. The number of nitrogens with one attached hydrogen (secondary N) is 2. The van der Waals surface area contributed by atoms with Crippen molar-refractivity contribution in [2.24, 2.45) is 17.0 Å². The Morgan fingerprint density at radius 2 is 1.94 bits per heavy atom. The molecule has 0 spiro atoms. The molecule has 0 atom stereocenters. The average Bonchev–Trinajstić information content (AvgIpc) is 2.27. The summed E-state index contributed by atoms with van der Waals surface area (Å²) in [6, 6.07) is 1.50. The molecule has 1 aromatic rings. The maximum absolute atomic E-state index is 11.2. The number of pyridine rings is 1. The van der Waals surface area contributed by atoms with Crippen LogP contribution in [0.25, 0.3) is 0 Å². The number of amides is 1. The molecule has 1 heterocycles. The molecule has 100 valence electrons. The molecule has 8 heteroatoms. The standard InChI is InChI=1S/C10H15Cl2N5O/c1-10(2,9(13)18)4-15-7-5(11)3-6(12)8(16-7)17-14/h3H,4,14H2,1-2H3,(H2,13,18)(H2,15,16,17). The Morgan fingerprint density at radius 1 is 1.39 bits per heavy atom. The molecule has 0 aliphatic heterocycles. The minimum atomic E-state index is -0.721. The summed E-state index contributed by atoms with van der Waals surface area (Å²) >= 11 is 11.8. The molecule has 1 rings (SSSR count). The summed E-state index contributed by atoms with van der Waals surface area (Å²) in [7, 11) is 0. The van der Waals surface area contributed by atoms with E-state index >= 15 is 0 Å². The van der Waals surface area contributed by atoms with E-state index in [4.69, 9.17) is 34.8 Å². The molecule has 0 aromatic carbocycles. The number of carbonyl (C=O) groups is 1. The monoisotopic (exact) mass is 291 g/mol. The molecule has 0 aliphatic carbocycles. The van der Waals surface area contributed by atoms with E-state index in [1.165, 1.54) is 6.07 Å². The Morgan fingerprint density at radius 3 is 2.44 bits per heavy atom. The van der Waals surface area contributed by atoms with Crippen LogP contribution in [-0.4, -0.2) is 17.4 Å². The summed E-state index contributed by atoms with van der Waals surface area (Å²) in [5, 5.41) is 3.58. The number of aromatic nitrogens is 1. The molecule has 0 saturated heterocycles. The van der Waals surface area contributed by atoms with Crippen molar-refractivity contribution in [2.45, 2.75) is 13.8 Å². The predicted octanol–water partition coefficient (Wildman–Crippen LogP) is 1.60. The highest BCUT2D eigenvalue weighted by atomic mass is 35.5. The lowest BCUT2D eigenvalue weighted by Crippen LogP contribution is -2.37. The summed E-state index contributed by atoms with van der Waals surface area (Å²) in [6.45, 7) is 3.73. The van der Waals surface area contributed by atoms with Crippen molar-refractivity contribution in [3.05, 3.63) is 16.1 Å². The number of halogens is 2. The number of anilines is 2. The predicted molar refractivity (Wildman–Crippen MR) is 73.5 cm³/mol. The largest absolute Gasteiger partial charge is 0.369 e. The summed E-state index contributed by atoms with van der Waals surface area (Å²) in [5.74, 6) is 5.51. The quantitative estimate of drug-likeness (QED) is 0.487. The first kappa shape index (κ1) is 14.8. The van der Waals surface area contributed by atoms with E-state index in [0.29, 0.717) is 28.2 Å². The Bertz CT molecular complexity index is 464. The Hall–Kier alpha value is -1.24. The van der Waals surface area contributed by atoms with Crippen LogP contribution in [0.5, 0.6) is 0 Å². The van der Waals surface area contributed by atoms with E-state index in [1.54, 1.807) is 13.8 Å². The van der Waals surface area contributed by atoms with Gasteiger partial charge in [0.15, 0.2) is 5.82 Å². The van der Waals surface area contributed by atoms with Gasteiger partial charge in [0.05, 0.1) is 15.5 Å². The van der Waals surface area contributed by atoms with E-state index in [9.17, 15) is 4.79 Å². The second-order valence-electron chi connectivity index (χ2n) is 4.40. The van der Waals surface area contributed by atoms with E-state index < -0.39 is 11.3 Å². The minimum Gasteiger partial charge on any atom is -0.369 e. The molecule has 0 bridgehead atoms. The first-order valence-corrected chi connectivity index (χ1v) is 5.90. The topological polar surface area (TPSA) is 106 Å². The van der Waals surface area contributed by atoms with Gasteiger partial charge in [0, 0.05) is 6.54 Å². The lowest BCUT2D eigenvalue weighted by molar-refractivity contribution is -0.125. The van der Waals surface area contributed by atoms with Crippen molar-refractivity contribution in [3.8, 4) is 0 Å². The van der Waals surface area contributed by atoms with Crippen LogP contribution in [0.1, 0.15) is 13.8 Å². The van der Waals surface area contributed by atoms with Crippen LogP contribution in [0.2, 0.25) is 10.0 Å². The number of hydrogen-bond acceptors (Lipinski definition) is 5. The fourth-order valence-corrected chi connectivity index (χ4v) is 1.56. The number of carbonyl (C=O) groups excluding carboxylic acids is 1. The molecule has 0 radical (unpaired) electrons. The van der Waals surface area contributed by atoms with Crippen LogP contribution in [0.15, 0.2) is 6.07 Å². The van der Waals surface area contributed by atoms with Gasteiger partial charge in [-0.2, -0.15) is 0 Å². The van der Waals surface area contributed by atoms with E-state index in [-0.39, 0.29) is 0 Å². The molecule has 18 heavy (non-hydrogen) atoms. The van der Waals surface area contributed by atoms with Gasteiger partial charge < -0.3 is 16.5 Å². The maximum atomic E-state index is 11.2. The molecule has 1 aromatic heterocycles. The third kappa shape index (κ3) is 3.38. The van der Waals surface area contributed by atoms with E-state index in [1.807, 2.05) is 0 Å². The highest BCUT2D eigenvalue weighted by Gasteiger charge is 2.25. The van der Waals surface area contributed by atoms with Crippen LogP contribution in [0, 0.1) is 5.41 Å². The SMILES string of the molecule is CC(C)(CNc1nc(NN)c(Cl)cc1Cl)C(N)=O. The molecule has 0 saturated carbocycles. The lowest BCUT2D eigenvalue weighted by Gasteiger charge is -2.21. The van der Waals surface area contributed by atoms with Gasteiger partial charge in [-0.3, -0.25) is 4.79 Å². The maximum Gasteiger partial charge on any atom is 0.224 e. The van der Waals surface area contributed by atoms with Crippen molar-refractivity contribution < 1.29 is 4.79 Å². The van der Waals surface area contributed by atoms with Gasteiger partial charge in [-0.1, -0.05) is 23.2 Å². The van der Waals surface area contributed by atoms with E-state index in [2.05, 4.69) is 15.7 Å². The minimum absolute atomic E-state index is 0.292. The summed E-state index contributed by atoms with van der Waals surface area (Å²) in [6.07, 6.45) is 0. The lowest BCUT2D eigenvalue weighted by atomic mass is 9.93. The Labute approximate surface area is 115 Å². The van der Waals surface area contributed by atoms with Crippen molar-refractivity contribution in [2.75, 3.05) is 17.3 Å². The first-order valence-electron chi connectivity index (χ1n) is 5.14. The van der Waals surface area contributed by atoms with Crippen molar-refractivity contribution in [1.82, 2.24) is 4.98 Å². The van der Waals surface area contributed by atoms with Crippen LogP contribution < -0.4 is 22.3 Å². The van der Waals surface area contributed by atoms with Crippen LogP contribution in [-0.2, 0) is 4.79 Å². The molecule has 0 unspecified atom stereocenters. The van der Waals surface area contributed by atoms with Gasteiger partial charge in [0.25, 0.3) is 0 Å². The van der Waals surface area contributed by atoms with Gasteiger partial charge >= 0.3 is 0 Å². The summed E-state index contributed by atoms with van der Waals surface area (Å²) in [4.78, 5) is 15.3. The smallest absolute Gasteiger partial charge is 0.224 e. The number of nitrogens with two attached hydrogens (primary N) is 2. The fraction of sp³-hybridized carbons (Fsp3) is 0.400. The van der Waals surface area contributed by atoms with Crippen molar-refractivity contribution in [3.63, 3.8) is 0 Å². The van der Waals surface area contributed by atoms with Gasteiger partial charge in [0.1, 0.15) is 5.82 Å². The van der Waals surface area contributed by atoms with Crippen LogP contribution in [0.3, 0.4) is 0 Å². The fourth-order valence-electron chi connectivity index (χ4n) is 1.08. The zero-order valence-corrected chi connectivity index (χ0v) is 11.6. The third-order valence-electron chi connectivity index (χ3n) is 2.43. The molecule has 6 N–H and O–H groups in total. The number of nitrogens with zero attached hydrogens (tertiary/aromatic N) is 1. The van der Waals surface area contributed by atoms with Gasteiger partial charge in [0.2, 0.25) is 5.91 Å². The highest BCUT2D eigenvalue weighted by Crippen LogP contribution is 2.29. The number of hydrazine groups is 1. The van der Waals surface area contributed by atoms with Crippen molar-refractivity contribution in [1.29, 1.82) is 0 Å². The van der Waals surface area contributed by atoms with Gasteiger partial charge in [-0.25, -0.2) is 10.8 Å². The molecular formula is C10H15Cl2N5O. The normalized spacial score (nSPS) is 11.2. The van der Waals surface area contributed by atoms with Crippen LogP contribution in [0.4, 0.5) is 11.6 Å². The second kappa shape index (κ2) is 5.60. The number of rotatable bonds is 5. The van der Waals surface area contributed by atoms with Crippen molar-refractivity contribution >= 4 is 40.7 Å². The Balaban J connectivity index is 2.89. The third-order valence-corrected chi connectivity index (χ3v) is 3.01. The molecular weight excluding hydrogens is 277 g/mol. The second-order valence-corrected chi connectivity index (χ2v) is 5.21. The molecule has 6 nitrogen and oxygen atoms in total. The first-order chi connectivity index (χ1) is 8.27.